The number of hydrogen-bond donors (Lipinski definition) is 1. The lowest BCUT2D eigenvalue weighted by Crippen LogP contribution is -2.44. The molecule has 3 aromatic rings. The monoisotopic (exact) mass is 448 g/mol. The summed E-state index contributed by atoms with van der Waals surface area (Å²) < 4.78 is 11.1. The van der Waals surface area contributed by atoms with Gasteiger partial charge in [-0.3, -0.25) is 14.5 Å². The van der Waals surface area contributed by atoms with Crippen LogP contribution in [0.4, 0.5) is 5.69 Å². The third-order valence-electron chi connectivity index (χ3n) is 4.93. The van der Waals surface area contributed by atoms with Crippen LogP contribution >= 0.6 is 11.6 Å². The third kappa shape index (κ3) is 4.92. The summed E-state index contributed by atoms with van der Waals surface area (Å²) in [4.78, 5) is 27.3. The molecule has 1 aliphatic heterocycles. The molecular weight excluding hydrogens is 428 g/mol. The van der Waals surface area contributed by atoms with Crippen molar-refractivity contribution in [3.05, 3.63) is 94.7 Å². The highest BCUT2D eigenvalue weighted by atomic mass is 35.5. The van der Waals surface area contributed by atoms with E-state index in [-0.39, 0.29) is 18.2 Å². The number of carbonyl (C=O) groups is 2. The average Bonchev–Trinajstić information content (AvgIpc) is 2.81. The van der Waals surface area contributed by atoms with E-state index in [1.165, 1.54) is 4.90 Å². The van der Waals surface area contributed by atoms with E-state index in [4.69, 9.17) is 21.1 Å². The summed E-state index contributed by atoms with van der Waals surface area (Å²) in [5.74, 6) is 0.620. The second-order valence-corrected chi connectivity index (χ2v) is 7.59. The van der Waals surface area contributed by atoms with Crippen molar-refractivity contribution in [3.8, 4) is 11.5 Å². The van der Waals surface area contributed by atoms with Crippen molar-refractivity contribution in [1.82, 2.24) is 5.32 Å². The van der Waals surface area contributed by atoms with Gasteiger partial charge in [-0.05, 0) is 53.6 Å². The molecule has 0 bridgehead atoms. The lowest BCUT2D eigenvalue weighted by Gasteiger charge is -2.30. The number of anilines is 1. The van der Waals surface area contributed by atoms with Crippen LogP contribution < -0.4 is 19.7 Å². The van der Waals surface area contributed by atoms with Crippen LogP contribution in [0.2, 0.25) is 5.02 Å². The molecule has 0 spiro atoms. The number of ether oxygens (including phenoxy) is 2. The molecular formula is C25H21ClN2O4. The Hall–Kier alpha value is -3.77. The Balaban J connectivity index is 1.54. The van der Waals surface area contributed by atoms with Crippen molar-refractivity contribution in [1.29, 1.82) is 0 Å². The van der Waals surface area contributed by atoms with Crippen LogP contribution in [0.3, 0.4) is 0 Å². The van der Waals surface area contributed by atoms with Gasteiger partial charge in [0.15, 0.2) is 11.5 Å². The molecule has 2 amide bonds. The molecule has 162 valence electrons. The molecule has 7 heteroatoms. The topological polar surface area (TPSA) is 67.9 Å². The number of fused-ring (bicyclic) bond motifs is 1. The van der Waals surface area contributed by atoms with Crippen LogP contribution in [0.5, 0.6) is 11.5 Å². The van der Waals surface area contributed by atoms with E-state index in [9.17, 15) is 9.59 Å². The summed E-state index contributed by atoms with van der Waals surface area (Å²) in [6.07, 6.45) is 1.64. The Morgan fingerprint density at radius 3 is 2.66 bits per heavy atom. The molecule has 32 heavy (non-hydrogen) atoms. The van der Waals surface area contributed by atoms with Crippen LogP contribution in [0.15, 0.2) is 78.6 Å². The minimum absolute atomic E-state index is 0.127. The fourth-order valence-electron chi connectivity index (χ4n) is 3.30. The third-order valence-corrected chi connectivity index (χ3v) is 5.18. The number of carbonyl (C=O) groups excluding carboxylic acids is 2. The van der Waals surface area contributed by atoms with Gasteiger partial charge >= 0.3 is 0 Å². The van der Waals surface area contributed by atoms with Gasteiger partial charge in [-0.25, -0.2) is 0 Å². The Morgan fingerprint density at radius 1 is 1.09 bits per heavy atom. The zero-order valence-electron chi connectivity index (χ0n) is 17.4. The molecule has 4 rings (SSSR count). The number of hydrogen-bond acceptors (Lipinski definition) is 4. The van der Waals surface area contributed by atoms with Crippen molar-refractivity contribution >= 4 is 35.2 Å². The van der Waals surface area contributed by atoms with Crippen molar-refractivity contribution in [2.24, 2.45) is 0 Å². The van der Waals surface area contributed by atoms with E-state index < -0.39 is 5.91 Å². The number of rotatable bonds is 6. The molecule has 1 heterocycles. The minimum atomic E-state index is -0.395. The zero-order chi connectivity index (χ0) is 22.5. The van der Waals surface area contributed by atoms with Gasteiger partial charge in [0.25, 0.3) is 5.91 Å². The maximum atomic E-state index is 13.2. The molecule has 0 radical (unpaired) electrons. The first-order valence-corrected chi connectivity index (χ1v) is 10.4. The fraction of sp³-hybridized carbons (Fsp3) is 0.120. The number of nitrogens with one attached hydrogen (secondary N) is 1. The highest BCUT2D eigenvalue weighted by Crippen LogP contribution is 2.35. The standard InChI is InChI=1S/C25H21ClN2O4/c1-31-20-6-4-5-18(13-20)14-23-25(30)28(21-7-2-3-8-22(21)32-23)16-24(29)27-15-17-9-11-19(26)12-10-17/h2-14H,15-16H2,1H3,(H,27,29). The molecule has 0 aliphatic carbocycles. The predicted molar refractivity (Wildman–Crippen MR) is 124 cm³/mol. The van der Waals surface area contributed by atoms with Gasteiger partial charge in [0.1, 0.15) is 12.3 Å². The summed E-state index contributed by atoms with van der Waals surface area (Å²) in [7, 11) is 1.58. The minimum Gasteiger partial charge on any atom is -0.497 e. The van der Waals surface area contributed by atoms with Gasteiger partial charge in [0, 0.05) is 11.6 Å². The summed E-state index contributed by atoms with van der Waals surface area (Å²) >= 11 is 5.90. The fourth-order valence-corrected chi connectivity index (χ4v) is 3.43. The number of halogens is 1. The van der Waals surface area contributed by atoms with Gasteiger partial charge < -0.3 is 14.8 Å². The Kier molecular flexibility index (Phi) is 6.42. The first-order chi connectivity index (χ1) is 15.5. The largest absolute Gasteiger partial charge is 0.497 e. The van der Waals surface area contributed by atoms with E-state index in [1.807, 2.05) is 36.4 Å². The summed E-state index contributed by atoms with van der Waals surface area (Å²) in [5, 5.41) is 3.47. The molecule has 0 atom stereocenters. The maximum Gasteiger partial charge on any atom is 0.294 e. The average molecular weight is 449 g/mol. The SMILES string of the molecule is COc1cccc(C=C2Oc3ccccc3N(CC(=O)NCc3ccc(Cl)cc3)C2=O)c1. The van der Waals surface area contributed by atoms with Crippen LogP contribution in [0.25, 0.3) is 6.08 Å². The highest BCUT2D eigenvalue weighted by Gasteiger charge is 2.31. The van der Waals surface area contributed by atoms with Gasteiger partial charge in [0.2, 0.25) is 5.91 Å². The molecule has 0 saturated carbocycles. The lowest BCUT2D eigenvalue weighted by molar-refractivity contribution is -0.123. The van der Waals surface area contributed by atoms with Crippen molar-refractivity contribution in [2.75, 3.05) is 18.6 Å². The van der Waals surface area contributed by atoms with E-state index >= 15 is 0 Å². The van der Waals surface area contributed by atoms with Crippen molar-refractivity contribution in [2.45, 2.75) is 6.54 Å². The Labute approximate surface area is 191 Å². The smallest absolute Gasteiger partial charge is 0.294 e. The molecule has 0 aromatic heterocycles. The van der Waals surface area contributed by atoms with Crippen LogP contribution in [-0.4, -0.2) is 25.5 Å². The first kappa shape index (κ1) is 21.5. The maximum absolute atomic E-state index is 13.2. The van der Waals surface area contributed by atoms with E-state index in [0.717, 1.165) is 11.1 Å². The normalized spacial score (nSPS) is 14.0. The molecule has 0 saturated heterocycles. The summed E-state index contributed by atoms with van der Waals surface area (Å²) in [5.41, 5.74) is 2.20. The number of nitrogens with zero attached hydrogens (tertiary/aromatic N) is 1. The molecule has 0 unspecified atom stereocenters. The summed E-state index contributed by atoms with van der Waals surface area (Å²) in [6.45, 7) is 0.199. The molecule has 6 nitrogen and oxygen atoms in total. The number of amides is 2. The number of methoxy groups -OCH3 is 1. The van der Waals surface area contributed by atoms with Crippen molar-refractivity contribution < 1.29 is 19.1 Å². The lowest BCUT2D eigenvalue weighted by atomic mass is 10.1. The molecule has 3 aromatic carbocycles. The van der Waals surface area contributed by atoms with E-state index in [0.29, 0.717) is 28.8 Å². The van der Waals surface area contributed by atoms with E-state index in [1.54, 1.807) is 49.6 Å². The van der Waals surface area contributed by atoms with Crippen molar-refractivity contribution in [3.63, 3.8) is 0 Å². The van der Waals surface area contributed by atoms with Crippen LogP contribution in [0, 0.1) is 0 Å². The highest BCUT2D eigenvalue weighted by molar-refractivity contribution is 6.30. The first-order valence-electron chi connectivity index (χ1n) is 9.99. The number of benzene rings is 3. The van der Waals surface area contributed by atoms with Gasteiger partial charge in [-0.15, -0.1) is 0 Å². The number of para-hydroxylation sites is 2. The Morgan fingerprint density at radius 2 is 1.88 bits per heavy atom. The predicted octanol–water partition coefficient (Wildman–Crippen LogP) is 4.43. The molecule has 1 aliphatic rings. The zero-order valence-corrected chi connectivity index (χ0v) is 18.1. The quantitative estimate of drug-likeness (QED) is 0.566. The summed E-state index contributed by atoms with van der Waals surface area (Å²) in [6, 6.07) is 21.6. The van der Waals surface area contributed by atoms with Gasteiger partial charge in [-0.1, -0.05) is 48.0 Å². The molecule has 0 fully saturated rings. The van der Waals surface area contributed by atoms with Crippen LogP contribution in [-0.2, 0) is 16.1 Å². The second kappa shape index (κ2) is 9.58. The van der Waals surface area contributed by atoms with E-state index in [2.05, 4.69) is 5.32 Å². The molecule has 1 N–H and O–H groups in total. The van der Waals surface area contributed by atoms with Crippen LogP contribution in [0.1, 0.15) is 11.1 Å². The van der Waals surface area contributed by atoms with Gasteiger partial charge in [-0.2, -0.15) is 0 Å². The Bertz CT molecular complexity index is 1170. The van der Waals surface area contributed by atoms with Gasteiger partial charge in [0.05, 0.1) is 12.8 Å². The second-order valence-electron chi connectivity index (χ2n) is 7.15.